The van der Waals surface area contributed by atoms with E-state index in [1.807, 2.05) is 4.90 Å². The molecule has 106 valence electrons. The molecule has 1 fully saturated rings. The maximum absolute atomic E-state index is 12.0. The minimum absolute atomic E-state index is 0. The van der Waals surface area contributed by atoms with Crippen molar-refractivity contribution in [3.05, 3.63) is 0 Å². The highest BCUT2D eigenvalue weighted by atomic mass is 35.5. The third-order valence-electron chi connectivity index (χ3n) is 3.30. The van der Waals surface area contributed by atoms with Crippen LogP contribution in [0, 0.1) is 5.92 Å². The van der Waals surface area contributed by atoms with Crippen molar-refractivity contribution in [2.45, 2.75) is 39.2 Å². The lowest BCUT2D eigenvalue weighted by molar-refractivity contribution is -0.134. The van der Waals surface area contributed by atoms with E-state index in [1.165, 1.54) is 12.8 Å². The number of amides is 2. The maximum Gasteiger partial charge on any atom is 0.242 e. The van der Waals surface area contributed by atoms with Gasteiger partial charge >= 0.3 is 0 Å². The van der Waals surface area contributed by atoms with Gasteiger partial charge in [-0.2, -0.15) is 0 Å². The summed E-state index contributed by atoms with van der Waals surface area (Å²) in [5.74, 6) is 0.246. The number of carbonyl (C=O) groups excluding carboxylic acids is 2. The highest BCUT2D eigenvalue weighted by Crippen LogP contribution is 2.20. The van der Waals surface area contributed by atoms with Crippen LogP contribution < -0.4 is 11.1 Å². The Morgan fingerprint density at radius 3 is 2.61 bits per heavy atom. The van der Waals surface area contributed by atoms with Gasteiger partial charge in [0.15, 0.2) is 0 Å². The molecule has 0 aromatic heterocycles. The number of halogens is 1. The van der Waals surface area contributed by atoms with Crippen LogP contribution in [0.2, 0.25) is 0 Å². The minimum Gasteiger partial charge on any atom is -0.346 e. The summed E-state index contributed by atoms with van der Waals surface area (Å²) in [5, 5.41) is 2.53. The van der Waals surface area contributed by atoms with E-state index in [-0.39, 0.29) is 43.4 Å². The lowest BCUT2D eigenvalue weighted by Gasteiger charge is -2.28. The third kappa shape index (κ3) is 5.23. The number of nitrogens with zero attached hydrogens (tertiary/aromatic N) is 1. The van der Waals surface area contributed by atoms with Gasteiger partial charge < -0.3 is 16.0 Å². The first-order valence-electron chi connectivity index (χ1n) is 6.30. The number of rotatable bonds is 3. The average molecular weight is 278 g/mol. The molecular formula is C12H24ClN3O2. The summed E-state index contributed by atoms with van der Waals surface area (Å²) in [7, 11) is 0. The van der Waals surface area contributed by atoms with Gasteiger partial charge in [-0.1, -0.05) is 13.3 Å². The fourth-order valence-corrected chi connectivity index (χ4v) is 2.22. The van der Waals surface area contributed by atoms with Gasteiger partial charge in [-0.25, -0.2) is 0 Å². The average Bonchev–Trinajstić information content (AvgIpc) is 2.47. The van der Waals surface area contributed by atoms with Gasteiger partial charge in [0.25, 0.3) is 0 Å². The van der Waals surface area contributed by atoms with Crippen molar-refractivity contribution in [1.82, 2.24) is 10.2 Å². The second kappa shape index (κ2) is 8.32. The molecule has 2 unspecified atom stereocenters. The summed E-state index contributed by atoms with van der Waals surface area (Å²) >= 11 is 0. The predicted molar refractivity (Wildman–Crippen MR) is 73.5 cm³/mol. The van der Waals surface area contributed by atoms with Crippen molar-refractivity contribution in [3.63, 3.8) is 0 Å². The lowest BCUT2D eigenvalue weighted by atomic mass is 10.1. The summed E-state index contributed by atoms with van der Waals surface area (Å²) < 4.78 is 0. The molecule has 1 aliphatic rings. The zero-order valence-electron chi connectivity index (χ0n) is 11.1. The van der Waals surface area contributed by atoms with Crippen LogP contribution in [0.25, 0.3) is 0 Å². The van der Waals surface area contributed by atoms with Gasteiger partial charge in [0.05, 0.1) is 13.1 Å². The van der Waals surface area contributed by atoms with Crippen molar-refractivity contribution in [2.24, 2.45) is 11.7 Å². The minimum atomic E-state index is -0.283. The van der Waals surface area contributed by atoms with Crippen molar-refractivity contribution in [1.29, 1.82) is 0 Å². The second-order valence-corrected chi connectivity index (χ2v) is 4.91. The van der Waals surface area contributed by atoms with E-state index >= 15 is 0 Å². The van der Waals surface area contributed by atoms with Crippen molar-refractivity contribution < 1.29 is 9.59 Å². The molecule has 2 amide bonds. The Morgan fingerprint density at radius 1 is 1.33 bits per heavy atom. The topological polar surface area (TPSA) is 75.4 Å². The van der Waals surface area contributed by atoms with Crippen molar-refractivity contribution in [3.8, 4) is 0 Å². The van der Waals surface area contributed by atoms with Gasteiger partial charge in [-0.3, -0.25) is 9.59 Å². The molecule has 0 aromatic carbocycles. The van der Waals surface area contributed by atoms with E-state index in [9.17, 15) is 9.59 Å². The molecule has 0 saturated carbocycles. The van der Waals surface area contributed by atoms with Crippen molar-refractivity contribution in [2.75, 3.05) is 19.6 Å². The van der Waals surface area contributed by atoms with E-state index in [0.29, 0.717) is 5.92 Å². The summed E-state index contributed by atoms with van der Waals surface area (Å²) in [6, 6.07) is 0.266. The Hall–Kier alpha value is -0.810. The Morgan fingerprint density at radius 2 is 2.00 bits per heavy atom. The Balaban J connectivity index is 0.00000289. The molecular weight excluding hydrogens is 254 g/mol. The molecule has 1 heterocycles. The van der Waals surface area contributed by atoms with Crippen LogP contribution in [-0.2, 0) is 9.59 Å². The molecule has 0 spiro atoms. The zero-order chi connectivity index (χ0) is 12.8. The van der Waals surface area contributed by atoms with E-state index < -0.39 is 0 Å². The standard InChI is InChI=1S/C12H23N3O2.ClH/c1-9-4-3-5-10(2)15(8-9)12(17)7-14-11(16)6-13;/h9-10H,3-8,13H2,1-2H3,(H,14,16);1H. The summed E-state index contributed by atoms with van der Waals surface area (Å²) in [6.07, 6.45) is 3.38. The van der Waals surface area contributed by atoms with Crippen LogP contribution in [-0.4, -0.2) is 42.4 Å². The number of nitrogens with two attached hydrogens (primary N) is 1. The molecule has 0 bridgehead atoms. The molecule has 5 nitrogen and oxygen atoms in total. The predicted octanol–water partition coefficient (Wildman–Crippen LogP) is 0.520. The third-order valence-corrected chi connectivity index (χ3v) is 3.30. The van der Waals surface area contributed by atoms with Gasteiger partial charge in [0.2, 0.25) is 11.8 Å². The van der Waals surface area contributed by atoms with Crippen LogP contribution in [0.5, 0.6) is 0 Å². The molecule has 0 aliphatic carbocycles. The van der Waals surface area contributed by atoms with Crippen LogP contribution in [0.3, 0.4) is 0 Å². The van der Waals surface area contributed by atoms with Crippen molar-refractivity contribution >= 4 is 24.2 Å². The fraction of sp³-hybridized carbons (Fsp3) is 0.833. The Bertz CT molecular complexity index is 286. The van der Waals surface area contributed by atoms with Gasteiger partial charge in [-0.15, -0.1) is 12.4 Å². The molecule has 6 heteroatoms. The number of carbonyl (C=O) groups is 2. The molecule has 1 saturated heterocycles. The Kier molecular flexibility index (Phi) is 7.95. The lowest BCUT2D eigenvalue weighted by Crippen LogP contribution is -2.46. The highest BCUT2D eigenvalue weighted by Gasteiger charge is 2.24. The SMILES string of the molecule is CC1CCCC(C)N(C(=O)CNC(=O)CN)C1.Cl. The second-order valence-electron chi connectivity index (χ2n) is 4.91. The van der Waals surface area contributed by atoms with E-state index in [1.54, 1.807) is 0 Å². The normalized spacial score (nSPS) is 23.8. The Labute approximate surface area is 115 Å². The van der Waals surface area contributed by atoms with Gasteiger partial charge in [-0.05, 0) is 25.7 Å². The van der Waals surface area contributed by atoms with Gasteiger partial charge in [0.1, 0.15) is 0 Å². The first kappa shape index (κ1) is 17.2. The van der Waals surface area contributed by atoms with Crippen LogP contribution in [0.1, 0.15) is 33.1 Å². The fourth-order valence-electron chi connectivity index (χ4n) is 2.22. The largest absolute Gasteiger partial charge is 0.346 e. The smallest absolute Gasteiger partial charge is 0.242 e. The van der Waals surface area contributed by atoms with Crippen LogP contribution in [0.15, 0.2) is 0 Å². The zero-order valence-corrected chi connectivity index (χ0v) is 12.0. The number of hydrogen-bond donors (Lipinski definition) is 2. The molecule has 18 heavy (non-hydrogen) atoms. The van der Waals surface area contributed by atoms with Crippen LogP contribution in [0.4, 0.5) is 0 Å². The molecule has 0 aromatic rings. The van der Waals surface area contributed by atoms with E-state index in [2.05, 4.69) is 19.2 Å². The number of hydrogen-bond acceptors (Lipinski definition) is 3. The molecule has 2 atom stereocenters. The molecule has 3 N–H and O–H groups in total. The number of likely N-dealkylation sites (tertiary alicyclic amines) is 1. The van der Waals surface area contributed by atoms with E-state index in [4.69, 9.17) is 5.73 Å². The first-order chi connectivity index (χ1) is 8.04. The molecule has 1 rings (SSSR count). The summed E-state index contributed by atoms with van der Waals surface area (Å²) in [6.45, 7) is 5.02. The van der Waals surface area contributed by atoms with Gasteiger partial charge in [0, 0.05) is 12.6 Å². The summed E-state index contributed by atoms with van der Waals surface area (Å²) in [5.41, 5.74) is 5.17. The molecule has 0 radical (unpaired) electrons. The summed E-state index contributed by atoms with van der Waals surface area (Å²) in [4.78, 5) is 24.9. The van der Waals surface area contributed by atoms with E-state index in [0.717, 1.165) is 13.0 Å². The monoisotopic (exact) mass is 277 g/mol. The number of nitrogens with one attached hydrogen (secondary N) is 1. The molecule has 1 aliphatic heterocycles. The quantitative estimate of drug-likeness (QED) is 0.790. The first-order valence-corrected chi connectivity index (χ1v) is 6.30. The van der Waals surface area contributed by atoms with Crippen LogP contribution >= 0.6 is 12.4 Å². The highest BCUT2D eigenvalue weighted by molar-refractivity contribution is 5.86. The maximum atomic E-state index is 12.0.